The Labute approximate surface area is 237 Å². The molecule has 41 heavy (non-hydrogen) atoms. The summed E-state index contributed by atoms with van der Waals surface area (Å²) in [5.74, 6) is -1.34. The van der Waals surface area contributed by atoms with Crippen molar-refractivity contribution in [3.8, 4) is 5.75 Å². The number of benzene rings is 1. The van der Waals surface area contributed by atoms with E-state index in [0.29, 0.717) is 24.0 Å². The lowest BCUT2D eigenvalue weighted by Crippen LogP contribution is -2.53. The van der Waals surface area contributed by atoms with E-state index >= 15 is 0 Å². The summed E-state index contributed by atoms with van der Waals surface area (Å²) < 4.78 is 46.3. The first-order chi connectivity index (χ1) is 19.3. The van der Waals surface area contributed by atoms with Gasteiger partial charge in [0.25, 0.3) is 0 Å². The third kappa shape index (κ3) is 5.15. The van der Waals surface area contributed by atoms with Gasteiger partial charge in [-0.2, -0.15) is 13.2 Å². The van der Waals surface area contributed by atoms with Crippen LogP contribution in [0.5, 0.6) is 5.75 Å². The minimum atomic E-state index is -4.58. The summed E-state index contributed by atoms with van der Waals surface area (Å²) in [6.07, 6.45) is -2.26. The monoisotopic (exact) mass is 571 g/mol. The summed E-state index contributed by atoms with van der Waals surface area (Å²) in [6.45, 7) is 7.80. The second kappa shape index (κ2) is 10.3. The van der Waals surface area contributed by atoms with Crippen LogP contribution in [-0.2, 0) is 9.59 Å². The van der Waals surface area contributed by atoms with Gasteiger partial charge in [0.15, 0.2) is 12.1 Å². The molecule has 1 saturated carbocycles. The van der Waals surface area contributed by atoms with E-state index < -0.39 is 47.7 Å². The van der Waals surface area contributed by atoms with Crippen LogP contribution in [-0.4, -0.2) is 45.5 Å². The third-order valence-electron chi connectivity index (χ3n) is 9.20. The molecule has 3 N–H and O–H groups in total. The maximum Gasteiger partial charge on any atom is 0.425 e. The first kappa shape index (κ1) is 28.9. The molecule has 0 radical (unpaired) electrons. The lowest BCUT2D eigenvalue weighted by Gasteiger charge is -2.40. The molecule has 1 fully saturated rings. The molecule has 220 valence electrons. The zero-order valence-corrected chi connectivity index (χ0v) is 23.6. The van der Waals surface area contributed by atoms with Crippen LogP contribution in [0.15, 0.2) is 53.8 Å². The van der Waals surface area contributed by atoms with E-state index in [-0.39, 0.29) is 35.9 Å². The number of aliphatic imine (C=N–C) groups is 1. The van der Waals surface area contributed by atoms with Crippen LogP contribution in [0.25, 0.3) is 0 Å². The van der Waals surface area contributed by atoms with Crippen molar-refractivity contribution in [2.24, 2.45) is 28.0 Å². The highest BCUT2D eigenvalue weighted by atomic mass is 19.4. The van der Waals surface area contributed by atoms with E-state index in [1.807, 2.05) is 33.8 Å². The maximum absolute atomic E-state index is 13.8. The van der Waals surface area contributed by atoms with Crippen LogP contribution >= 0.6 is 0 Å². The summed E-state index contributed by atoms with van der Waals surface area (Å²) >= 11 is 0. The summed E-state index contributed by atoms with van der Waals surface area (Å²) in [7, 11) is 0. The number of fused-ring (bicyclic) bond motifs is 1. The number of nitrogens with one attached hydrogen (secondary N) is 1. The number of hydrogen-bond donors (Lipinski definition) is 2. The normalized spacial score (nSPS) is 27.2. The topological polar surface area (TPSA) is 110 Å². The lowest BCUT2D eigenvalue weighted by molar-refractivity contribution is -0.201. The fourth-order valence-electron chi connectivity index (χ4n) is 6.64. The number of carbonyl (C=O) groups excluding carboxylic acids is 2. The first-order valence-electron chi connectivity index (χ1n) is 14.0. The fraction of sp³-hybridized carbons (Fsp3) is 0.533. The number of amides is 2. The highest BCUT2D eigenvalue weighted by Gasteiger charge is 2.67. The Kier molecular flexibility index (Phi) is 7.28. The Hall–Kier alpha value is -3.63. The number of para-hydroxylation sites is 1. The van der Waals surface area contributed by atoms with Crippen molar-refractivity contribution in [3.63, 3.8) is 0 Å². The summed E-state index contributed by atoms with van der Waals surface area (Å²) in [5, 5.41) is 2.89. The summed E-state index contributed by atoms with van der Waals surface area (Å²) in [6, 6.07) is 8.53. The standard InChI is InChI=1S/C30H36F3N5O3/c1-5-29(6-2)15-22(39)38(27(34)37-29)25(17-10-9-13-35-16-17)23-24(28(23,3)4)26(40)36-19-14-21(30(31,32)33)41-20-12-8-7-11-18(19)20/h7-13,16,19,21,23-25H,5-6,14-15H2,1-4H3,(H2,34,37)(H,36,40)/t19-,21-,23-,24-,25+/m0/s1. The summed E-state index contributed by atoms with van der Waals surface area (Å²) in [4.78, 5) is 38.0. The smallest absolute Gasteiger partial charge is 0.425 e. The number of carbonyl (C=O) groups is 2. The van der Waals surface area contributed by atoms with E-state index in [9.17, 15) is 22.8 Å². The van der Waals surface area contributed by atoms with Gasteiger partial charge in [-0.3, -0.25) is 19.5 Å². The van der Waals surface area contributed by atoms with Crippen LogP contribution in [0.1, 0.15) is 76.6 Å². The number of rotatable bonds is 7. The molecule has 5 atom stereocenters. The number of nitrogens with zero attached hydrogens (tertiary/aromatic N) is 3. The lowest BCUT2D eigenvalue weighted by atomic mass is 9.86. The van der Waals surface area contributed by atoms with Crippen molar-refractivity contribution in [3.05, 3.63) is 59.9 Å². The second-order valence-corrected chi connectivity index (χ2v) is 11.9. The van der Waals surface area contributed by atoms with Gasteiger partial charge in [-0.05, 0) is 36.0 Å². The fourth-order valence-corrected chi connectivity index (χ4v) is 6.64. The Balaban J connectivity index is 1.47. The molecule has 3 aliphatic rings. The van der Waals surface area contributed by atoms with Crippen molar-refractivity contribution in [2.45, 2.75) is 83.3 Å². The molecule has 0 bridgehead atoms. The molecule has 0 saturated heterocycles. The molecule has 11 heteroatoms. The number of hydrogen-bond acceptors (Lipinski definition) is 6. The number of ether oxygens (including phenoxy) is 1. The number of alkyl halides is 3. The van der Waals surface area contributed by atoms with Gasteiger partial charge >= 0.3 is 6.18 Å². The zero-order valence-electron chi connectivity index (χ0n) is 23.6. The van der Waals surface area contributed by atoms with E-state index in [2.05, 4.69) is 10.3 Å². The van der Waals surface area contributed by atoms with Gasteiger partial charge in [0, 0.05) is 36.2 Å². The van der Waals surface area contributed by atoms with Gasteiger partial charge < -0.3 is 15.8 Å². The second-order valence-electron chi connectivity index (χ2n) is 11.9. The Bertz CT molecular complexity index is 1340. The van der Waals surface area contributed by atoms with E-state index in [1.165, 1.54) is 11.0 Å². The number of aromatic nitrogens is 1. The van der Waals surface area contributed by atoms with Crippen molar-refractivity contribution in [1.29, 1.82) is 0 Å². The van der Waals surface area contributed by atoms with Crippen molar-refractivity contribution < 1.29 is 27.5 Å². The highest BCUT2D eigenvalue weighted by molar-refractivity contribution is 6.00. The molecule has 2 amide bonds. The highest BCUT2D eigenvalue weighted by Crippen LogP contribution is 2.65. The van der Waals surface area contributed by atoms with E-state index in [1.54, 1.807) is 36.7 Å². The molecule has 1 aromatic carbocycles. The SMILES string of the molecule is CCC1(CC)CC(=O)N([C@H](c2cccnc2)[C@@H]2[C@@H](C(=O)N[C@H]3C[C@@H](C(F)(F)F)Oc4ccccc43)C2(C)C)C(N)=N1. The predicted octanol–water partition coefficient (Wildman–Crippen LogP) is 5.07. The van der Waals surface area contributed by atoms with Gasteiger partial charge in [-0.25, -0.2) is 4.99 Å². The molecule has 1 aliphatic carbocycles. The minimum absolute atomic E-state index is 0.101. The largest absolute Gasteiger partial charge is 0.480 e. The molecule has 2 aliphatic heterocycles. The van der Waals surface area contributed by atoms with Gasteiger partial charge in [-0.15, -0.1) is 0 Å². The maximum atomic E-state index is 13.8. The molecule has 1 aromatic heterocycles. The number of halogens is 3. The first-order valence-corrected chi connectivity index (χ1v) is 14.0. The van der Waals surface area contributed by atoms with Crippen LogP contribution in [0.4, 0.5) is 13.2 Å². The van der Waals surface area contributed by atoms with Crippen molar-refractivity contribution >= 4 is 17.8 Å². The molecule has 2 aromatic rings. The zero-order chi connectivity index (χ0) is 29.7. The molecule has 0 spiro atoms. The van der Waals surface area contributed by atoms with Crippen LogP contribution in [0.2, 0.25) is 0 Å². The number of guanidine groups is 1. The van der Waals surface area contributed by atoms with E-state index in [4.69, 9.17) is 15.5 Å². The third-order valence-corrected chi connectivity index (χ3v) is 9.20. The number of pyridine rings is 1. The quantitative estimate of drug-likeness (QED) is 0.482. The molecular weight excluding hydrogens is 535 g/mol. The Morgan fingerprint density at radius 2 is 1.90 bits per heavy atom. The molecule has 8 nitrogen and oxygen atoms in total. The average molecular weight is 572 g/mol. The van der Waals surface area contributed by atoms with E-state index in [0.717, 1.165) is 0 Å². The van der Waals surface area contributed by atoms with Gasteiger partial charge in [0.1, 0.15) is 5.75 Å². The van der Waals surface area contributed by atoms with Gasteiger partial charge in [0.05, 0.1) is 24.0 Å². The van der Waals surface area contributed by atoms with Crippen LogP contribution in [0, 0.1) is 17.3 Å². The minimum Gasteiger partial charge on any atom is -0.480 e. The van der Waals surface area contributed by atoms with Crippen LogP contribution in [0.3, 0.4) is 0 Å². The van der Waals surface area contributed by atoms with Crippen LogP contribution < -0.4 is 15.8 Å². The molecule has 0 unspecified atom stereocenters. The molecular formula is C30H36F3N5O3. The number of nitrogens with two attached hydrogens (primary N) is 1. The van der Waals surface area contributed by atoms with Gasteiger partial charge in [0.2, 0.25) is 11.8 Å². The molecule has 5 rings (SSSR count). The Morgan fingerprint density at radius 3 is 2.51 bits per heavy atom. The summed E-state index contributed by atoms with van der Waals surface area (Å²) in [5.41, 5.74) is 6.53. The van der Waals surface area contributed by atoms with Crippen molar-refractivity contribution in [1.82, 2.24) is 15.2 Å². The van der Waals surface area contributed by atoms with Crippen molar-refractivity contribution in [2.75, 3.05) is 0 Å². The average Bonchev–Trinajstić information content (AvgIpc) is 3.51. The van der Waals surface area contributed by atoms with Gasteiger partial charge in [-0.1, -0.05) is 52.0 Å². The Morgan fingerprint density at radius 1 is 1.20 bits per heavy atom. The molecule has 3 heterocycles. The predicted molar refractivity (Wildman–Crippen MR) is 147 cm³/mol.